The van der Waals surface area contributed by atoms with Gasteiger partial charge in [-0.25, -0.2) is 9.78 Å². The fourth-order valence-corrected chi connectivity index (χ4v) is 2.43. The first-order valence-corrected chi connectivity index (χ1v) is 7.83. The van der Waals surface area contributed by atoms with E-state index < -0.39 is 28.8 Å². The normalized spacial score (nSPS) is 12.6. The second kappa shape index (κ2) is 7.41. The molecular formula is C17H16ClF3N2O3. The topological polar surface area (TPSA) is 62.7 Å². The Morgan fingerprint density at radius 2 is 1.96 bits per heavy atom. The predicted octanol–water partition coefficient (Wildman–Crippen LogP) is 4.34. The highest BCUT2D eigenvalue weighted by atomic mass is 35.5. The van der Waals surface area contributed by atoms with Crippen LogP contribution in [0, 0.1) is 0 Å². The second-order valence-electron chi connectivity index (χ2n) is 5.71. The lowest BCUT2D eigenvalue weighted by Crippen LogP contribution is -2.22. The molecule has 1 aromatic heterocycles. The summed E-state index contributed by atoms with van der Waals surface area (Å²) in [5.74, 6) is -0.901. The van der Waals surface area contributed by atoms with Crippen molar-refractivity contribution < 1.29 is 27.8 Å². The molecule has 2 aromatic rings. The monoisotopic (exact) mass is 388 g/mol. The average Bonchev–Trinajstić information content (AvgIpc) is 2.53. The van der Waals surface area contributed by atoms with E-state index in [1.807, 2.05) is 0 Å². The Hall–Kier alpha value is -2.48. The van der Waals surface area contributed by atoms with Crippen LogP contribution in [-0.4, -0.2) is 36.3 Å². The standard InChI is InChI=1S/C17H16ClF3N2O3/c1-9(16(24)25)26-11-6-4-5-10(7-11)15-14(18)12(17(19,20)21)8-13(22-15)23(2)3/h4-9H,1-3H3,(H,24,25). The molecule has 2 rings (SSSR count). The molecule has 0 saturated carbocycles. The Kier molecular flexibility index (Phi) is 5.65. The first-order valence-electron chi connectivity index (χ1n) is 7.45. The molecule has 140 valence electrons. The van der Waals surface area contributed by atoms with Crippen LogP contribution in [0.15, 0.2) is 30.3 Å². The van der Waals surface area contributed by atoms with Gasteiger partial charge in [-0.15, -0.1) is 0 Å². The number of halogens is 4. The van der Waals surface area contributed by atoms with E-state index in [1.165, 1.54) is 36.1 Å². The summed E-state index contributed by atoms with van der Waals surface area (Å²) >= 11 is 5.98. The smallest absolute Gasteiger partial charge is 0.418 e. The molecule has 5 nitrogen and oxygen atoms in total. The van der Waals surface area contributed by atoms with E-state index in [1.54, 1.807) is 14.1 Å². The summed E-state index contributed by atoms with van der Waals surface area (Å²) in [4.78, 5) is 16.5. The van der Waals surface area contributed by atoms with Gasteiger partial charge in [0.15, 0.2) is 6.10 Å². The number of pyridine rings is 1. The van der Waals surface area contributed by atoms with E-state index in [-0.39, 0.29) is 22.8 Å². The highest BCUT2D eigenvalue weighted by Crippen LogP contribution is 2.41. The molecule has 0 saturated heterocycles. The van der Waals surface area contributed by atoms with Crippen molar-refractivity contribution in [3.8, 4) is 17.0 Å². The summed E-state index contributed by atoms with van der Waals surface area (Å²) < 4.78 is 45.2. The number of anilines is 1. The van der Waals surface area contributed by atoms with Gasteiger partial charge in [-0.05, 0) is 25.1 Å². The van der Waals surface area contributed by atoms with Crippen LogP contribution in [0.25, 0.3) is 11.3 Å². The minimum Gasteiger partial charge on any atom is -0.479 e. The van der Waals surface area contributed by atoms with Gasteiger partial charge < -0.3 is 14.7 Å². The van der Waals surface area contributed by atoms with Crippen molar-refractivity contribution in [3.05, 3.63) is 40.9 Å². The Bertz CT molecular complexity index is 825. The molecule has 26 heavy (non-hydrogen) atoms. The van der Waals surface area contributed by atoms with Crippen molar-refractivity contribution in [2.45, 2.75) is 19.2 Å². The minimum atomic E-state index is -4.65. The van der Waals surface area contributed by atoms with Gasteiger partial charge in [0.25, 0.3) is 0 Å². The number of ether oxygens (including phenoxy) is 1. The quantitative estimate of drug-likeness (QED) is 0.825. The minimum absolute atomic E-state index is 0.0707. The number of aliphatic carboxylic acids is 1. The zero-order chi connectivity index (χ0) is 19.6. The SMILES string of the molecule is CC(Oc1cccc(-c2nc(N(C)C)cc(C(F)(F)F)c2Cl)c1)C(=O)O. The summed E-state index contributed by atoms with van der Waals surface area (Å²) in [6, 6.07) is 6.81. The molecule has 1 aromatic carbocycles. The molecular weight excluding hydrogens is 373 g/mol. The molecule has 1 heterocycles. The Morgan fingerprint density at radius 3 is 2.50 bits per heavy atom. The van der Waals surface area contributed by atoms with Crippen LogP contribution in [0.3, 0.4) is 0 Å². The van der Waals surface area contributed by atoms with Crippen LogP contribution in [-0.2, 0) is 11.0 Å². The van der Waals surface area contributed by atoms with Gasteiger partial charge in [0.1, 0.15) is 11.6 Å². The maximum atomic E-state index is 13.3. The lowest BCUT2D eigenvalue weighted by atomic mass is 10.1. The van der Waals surface area contributed by atoms with E-state index in [0.29, 0.717) is 0 Å². The number of alkyl halides is 3. The van der Waals surface area contributed by atoms with E-state index in [2.05, 4.69) is 4.98 Å². The predicted molar refractivity (Wildman–Crippen MR) is 91.7 cm³/mol. The zero-order valence-electron chi connectivity index (χ0n) is 14.1. The second-order valence-corrected chi connectivity index (χ2v) is 6.09. The van der Waals surface area contributed by atoms with Gasteiger partial charge in [-0.3, -0.25) is 0 Å². The van der Waals surface area contributed by atoms with Crippen molar-refractivity contribution in [2.24, 2.45) is 0 Å². The highest BCUT2D eigenvalue weighted by Gasteiger charge is 2.35. The van der Waals surface area contributed by atoms with Crippen molar-refractivity contribution in [1.29, 1.82) is 0 Å². The summed E-state index contributed by atoms with van der Waals surface area (Å²) in [6.07, 6.45) is -5.77. The fraction of sp³-hybridized carbons (Fsp3) is 0.294. The van der Waals surface area contributed by atoms with Crippen molar-refractivity contribution in [2.75, 3.05) is 19.0 Å². The molecule has 1 unspecified atom stereocenters. The molecule has 0 aliphatic heterocycles. The number of benzene rings is 1. The van der Waals surface area contributed by atoms with Gasteiger partial charge in [-0.1, -0.05) is 23.7 Å². The third-order valence-corrected chi connectivity index (χ3v) is 3.86. The molecule has 1 N–H and O–H groups in total. The maximum Gasteiger partial charge on any atom is 0.418 e. The van der Waals surface area contributed by atoms with Gasteiger partial charge in [0.05, 0.1) is 16.3 Å². The molecule has 9 heteroatoms. The van der Waals surface area contributed by atoms with Crippen molar-refractivity contribution >= 4 is 23.4 Å². The van der Waals surface area contributed by atoms with Crippen molar-refractivity contribution in [1.82, 2.24) is 4.98 Å². The molecule has 0 bridgehead atoms. The Morgan fingerprint density at radius 1 is 1.31 bits per heavy atom. The molecule has 0 amide bonds. The number of hydrogen-bond donors (Lipinski definition) is 1. The summed E-state index contributed by atoms with van der Waals surface area (Å²) in [5, 5.41) is 8.37. The summed E-state index contributed by atoms with van der Waals surface area (Å²) in [5.41, 5.74) is -0.795. The number of carboxylic acids is 1. The number of carboxylic acid groups (broad SMARTS) is 1. The summed E-state index contributed by atoms with van der Waals surface area (Å²) in [7, 11) is 3.13. The fourth-order valence-electron chi connectivity index (χ4n) is 2.11. The lowest BCUT2D eigenvalue weighted by molar-refractivity contribution is -0.144. The van der Waals surface area contributed by atoms with E-state index in [4.69, 9.17) is 21.4 Å². The first-order chi connectivity index (χ1) is 12.0. The molecule has 0 fully saturated rings. The lowest BCUT2D eigenvalue weighted by Gasteiger charge is -2.18. The van der Waals surface area contributed by atoms with Gasteiger partial charge >= 0.3 is 12.1 Å². The third-order valence-electron chi connectivity index (χ3n) is 3.48. The molecule has 0 radical (unpaired) electrons. The van der Waals surface area contributed by atoms with Crippen LogP contribution in [0.2, 0.25) is 5.02 Å². The molecule has 0 aliphatic rings. The maximum absolute atomic E-state index is 13.3. The van der Waals surface area contributed by atoms with Crippen LogP contribution in [0.5, 0.6) is 5.75 Å². The van der Waals surface area contributed by atoms with Gasteiger partial charge in [-0.2, -0.15) is 13.2 Å². The van der Waals surface area contributed by atoms with E-state index in [9.17, 15) is 18.0 Å². The van der Waals surface area contributed by atoms with Crippen LogP contribution >= 0.6 is 11.6 Å². The van der Waals surface area contributed by atoms with Crippen molar-refractivity contribution in [3.63, 3.8) is 0 Å². The number of carbonyl (C=O) groups is 1. The highest BCUT2D eigenvalue weighted by molar-refractivity contribution is 6.34. The Balaban J connectivity index is 2.57. The largest absolute Gasteiger partial charge is 0.479 e. The third kappa shape index (κ3) is 4.37. The molecule has 0 spiro atoms. The van der Waals surface area contributed by atoms with Gasteiger partial charge in [0.2, 0.25) is 0 Å². The average molecular weight is 389 g/mol. The number of hydrogen-bond acceptors (Lipinski definition) is 4. The van der Waals surface area contributed by atoms with E-state index >= 15 is 0 Å². The zero-order valence-corrected chi connectivity index (χ0v) is 14.9. The van der Waals surface area contributed by atoms with Crippen LogP contribution < -0.4 is 9.64 Å². The number of nitrogens with zero attached hydrogens (tertiary/aromatic N) is 2. The van der Waals surface area contributed by atoms with E-state index in [0.717, 1.165) is 6.07 Å². The number of rotatable bonds is 5. The molecule has 0 aliphatic carbocycles. The van der Waals surface area contributed by atoms with Crippen LogP contribution in [0.1, 0.15) is 12.5 Å². The first kappa shape index (κ1) is 19.8. The Labute approximate surface area is 153 Å². The number of aromatic nitrogens is 1. The molecule has 1 atom stereocenters. The van der Waals surface area contributed by atoms with Crippen LogP contribution in [0.4, 0.5) is 19.0 Å². The van der Waals surface area contributed by atoms with Gasteiger partial charge in [0, 0.05) is 19.7 Å². The summed E-state index contributed by atoms with van der Waals surface area (Å²) in [6.45, 7) is 1.34.